The first-order valence-corrected chi connectivity index (χ1v) is 9.45. The van der Waals surface area contributed by atoms with Crippen molar-refractivity contribution >= 4 is 17.6 Å². The van der Waals surface area contributed by atoms with E-state index in [2.05, 4.69) is 20.5 Å². The molecule has 1 saturated heterocycles. The quantitative estimate of drug-likeness (QED) is 0.596. The lowest BCUT2D eigenvalue weighted by atomic mass is 10.1. The molecule has 0 bridgehead atoms. The predicted molar refractivity (Wildman–Crippen MR) is 108 cm³/mol. The highest BCUT2D eigenvalue weighted by molar-refractivity contribution is 6.10. The molecule has 0 spiro atoms. The van der Waals surface area contributed by atoms with Gasteiger partial charge in [-0.15, -0.1) is 0 Å². The second-order valence-corrected chi connectivity index (χ2v) is 6.79. The smallest absolute Gasteiger partial charge is 0.257 e. The molecule has 0 unspecified atom stereocenters. The molecule has 6 nitrogen and oxygen atoms in total. The van der Waals surface area contributed by atoms with Gasteiger partial charge in [0.25, 0.3) is 5.91 Å². The molecule has 8 heteroatoms. The number of nitrogens with zero attached hydrogens (tertiary/aromatic N) is 2. The van der Waals surface area contributed by atoms with Crippen LogP contribution in [0.4, 0.5) is 14.5 Å². The Morgan fingerprint density at radius 2 is 1.86 bits per heavy atom. The van der Waals surface area contributed by atoms with Crippen molar-refractivity contribution < 1.29 is 18.3 Å². The molecule has 0 saturated carbocycles. The Morgan fingerprint density at radius 3 is 2.55 bits per heavy atom. The number of anilines is 1. The minimum atomic E-state index is -0.717. The maximum absolute atomic E-state index is 13.5. The predicted octanol–water partition coefficient (Wildman–Crippen LogP) is 2.80. The zero-order valence-corrected chi connectivity index (χ0v) is 16.3. The van der Waals surface area contributed by atoms with Crippen LogP contribution in [0.1, 0.15) is 15.9 Å². The fourth-order valence-electron chi connectivity index (χ4n) is 2.97. The summed E-state index contributed by atoms with van der Waals surface area (Å²) in [5, 5.41) is 5.51. The molecule has 0 aliphatic carbocycles. The lowest BCUT2D eigenvalue weighted by Gasteiger charge is -2.25. The largest absolute Gasteiger partial charge is 0.379 e. The average Bonchev–Trinajstić information content (AvgIpc) is 2.68. The molecule has 154 valence electrons. The van der Waals surface area contributed by atoms with E-state index in [9.17, 15) is 13.6 Å². The molecular formula is C21H24F2N4O2. The maximum atomic E-state index is 13.5. The van der Waals surface area contributed by atoms with Crippen LogP contribution in [0.5, 0.6) is 0 Å². The molecule has 1 amide bonds. The maximum Gasteiger partial charge on any atom is 0.257 e. The third-order valence-electron chi connectivity index (χ3n) is 4.43. The zero-order valence-electron chi connectivity index (χ0n) is 16.3. The Balaban J connectivity index is 1.72. The highest BCUT2D eigenvalue weighted by Crippen LogP contribution is 2.13. The first kappa shape index (κ1) is 20.9. The Morgan fingerprint density at radius 1 is 1.14 bits per heavy atom. The van der Waals surface area contributed by atoms with Crippen LogP contribution in [0.15, 0.2) is 47.5 Å². The number of hydrogen-bond acceptors (Lipinski definition) is 4. The van der Waals surface area contributed by atoms with E-state index in [0.29, 0.717) is 31.9 Å². The van der Waals surface area contributed by atoms with Gasteiger partial charge < -0.3 is 10.1 Å². The minimum Gasteiger partial charge on any atom is -0.379 e. The summed E-state index contributed by atoms with van der Waals surface area (Å²) in [4.78, 5) is 19.2. The summed E-state index contributed by atoms with van der Waals surface area (Å²) < 4.78 is 32.4. The van der Waals surface area contributed by atoms with Crippen molar-refractivity contribution in [3.63, 3.8) is 0 Å². The number of guanidine groups is 1. The number of nitrogens with one attached hydrogen (secondary N) is 2. The topological polar surface area (TPSA) is 66.0 Å². The van der Waals surface area contributed by atoms with Gasteiger partial charge in [-0.3, -0.25) is 20.0 Å². The summed E-state index contributed by atoms with van der Waals surface area (Å²) in [7, 11) is 0. The molecule has 2 aromatic rings. The number of amides is 1. The first-order valence-electron chi connectivity index (χ1n) is 9.45. The molecule has 1 aliphatic rings. The Kier molecular flexibility index (Phi) is 7.26. The fourth-order valence-corrected chi connectivity index (χ4v) is 2.97. The monoisotopic (exact) mass is 402 g/mol. The van der Waals surface area contributed by atoms with E-state index in [-0.39, 0.29) is 17.6 Å². The van der Waals surface area contributed by atoms with Gasteiger partial charge in [-0.05, 0) is 31.2 Å². The van der Waals surface area contributed by atoms with Crippen LogP contribution in [0.2, 0.25) is 0 Å². The number of halogens is 2. The summed E-state index contributed by atoms with van der Waals surface area (Å²) in [6.45, 7) is 6.00. The van der Waals surface area contributed by atoms with Crippen LogP contribution in [0.25, 0.3) is 0 Å². The second-order valence-electron chi connectivity index (χ2n) is 6.79. The molecule has 0 aromatic heterocycles. The number of ether oxygens (including phenoxy) is 1. The van der Waals surface area contributed by atoms with E-state index >= 15 is 0 Å². The van der Waals surface area contributed by atoms with Crippen LogP contribution in [-0.2, 0) is 4.74 Å². The van der Waals surface area contributed by atoms with Crippen molar-refractivity contribution in [2.75, 3.05) is 44.7 Å². The zero-order chi connectivity index (χ0) is 20.6. The normalized spacial score (nSPS) is 15.2. The third kappa shape index (κ3) is 6.62. The average molecular weight is 402 g/mol. The molecule has 1 fully saturated rings. The number of hydrogen-bond donors (Lipinski definition) is 2. The molecule has 0 radical (unpaired) electrons. The van der Waals surface area contributed by atoms with Crippen molar-refractivity contribution in [1.82, 2.24) is 10.2 Å². The number of benzene rings is 2. The summed E-state index contributed by atoms with van der Waals surface area (Å²) in [6.07, 6.45) is 0. The van der Waals surface area contributed by atoms with E-state index in [4.69, 9.17) is 4.74 Å². The lowest BCUT2D eigenvalue weighted by Crippen LogP contribution is -2.39. The van der Waals surface area contributed by atoms with Crippen molar-refractivity contribution in [2.45, 2.75) is 6.92 Å². The number of carbonyl (C=O) groups is 1. The third-order valence-corrected chi connectivity index (χ3v) is 4.43. The van der Waals surface area contributed by atoms with Crippen LogP contribution >= 0.6 is 0 Å². The van der Waals surface area contributed by atoms with Crippen LogP contribution in [-0.4, -0.2) is 56.2 Å². The van der Waals surface area contributed by atoms with Crippen molar-refractivity contribution in [2.24, 2.45) is 4.99 Å². The van der Waals surface area contributed by atoms with Crippen LogP contribution < -0.4 is 10.6 Å². The van der Waals surface area contributed by atoms with E-state index in [0.717, 1.165) is 36.9 Å². The van der Waals surface area contributed by atoms with E-state index < -0.39 is 11.6 Å². The summed E-state index contributed by atoms with van der Waals surface area (Å²) in [6, 6.07) is 10.2. The standard InChI is InChI=1S/C21H24F2N4O2/c1-15-3-2-4-16(11-15)20(28)26-21(24-5-6-27-7-9-29-10-8-27)25-19-13-17(22)12-18(23)14-19/h2-4,11-14H,5-10H2,1H3,(H2,24,25,26,28). The molecule has 29 heavy (non-hydrogen) atoms. The first-order chi connectivity index (χ1) is 14.0. The Labute approximate surface area is 168 Å². The second kappa shape index (κ2) is 10.1. The van der Waals surface area contributed by atoms with Gasteiger partial charge in [-0.1, -0.05) is 17.7 Å². The molecular weight excluding hydrogens is 378 g/mol. The van der Waals surface area contributed by atoms with Crippen LogP contribution in [0.3, 0.4) is 0 Å². The van der Waals surface area contributed by atoms with E-state index in [1.165, 1.54) is 0 Å². The summed E-state index contributed by atoms with van der Waals surface area (Å²) in [5.74, 6) is -1.66. The number of morpholine rings is 1. The molecule has 3 rings (SSSR count). The van der Waals surface area contributed by atoms with Gasteiger partial charge in [0.05, 0.1) is 19.8 Å². The molecule has 1 heterocycles. The van der Waals surface area contributed by atoms with Gasteiger partial charge in [-0.2, -0.15) is 0 Å². The van der Waals surface area contributed by atoms with E-state index in [1.807, 2.05) is 13.0 Å². The number of aryl methyl sites for hydroxylation is 1. The Bertz CT molecular complexity index is 862. The molecule has 0 atom stereocenters. The van der Waals surface area contributed by atoms with Crippen molar-refractivity contribution in [3.05, 3.63) is 65.2 Å². The molecule has 1 aliphatic heterocycles. The minimum absolute atomic E-state index is 0.134. The van der Waals surface area contributed by atoms with Gasteiger partial charge >= 0.3 is 0 Å². The van der Waals surface area contributed by atoms with Crippen LogP contribution in [0, 0.1) is 18.6 Å². The highest BCUT2D eigenvalue weighted by atomic mass is 19.1. The van der Waals surface area contributed by atoms with Crippen molar-refractivity contribution in [3.8, 4) is 0 Å². The van der Waals surface area contributed by atoms with E-state index in [1.54, 1.807) is 18.2 Å². The van der Waals surface area contributed by atoms with Gasteiger partial charge in [0.15, 0.2) is 0 Å². The number of carbonyl (C=O) groups excluding carboxylic acids is 1. The fraction of sp³-hybridized carbons (Fsp3) is 0.333. The summed E-state index contributed by atoms with van der Waals surface area (Å²) in [5.41, 5.74) is 1.58. The van der Waals surface area contributed by atoms with Gasteiger partial charge in [0, 0.05) is 37.0 Å². The van der Waals surface area contributed by atoms with Gasteiger partial charge in [-0.25, -0.2) is 8.78 Å². The number of aliphatic imine (C=N–C) groups is 1. The molecule has 2 N–H and O–H groups in total. The summed E-state index contributed by atoms with van der Waals surface area (Å²) >= 11 is 0. The molecule has 2 aromatic carbocycles. The number of rotatable bonds is 5. The highest BCUT2D eigenvalue weighted by Gasteiger charge is 2.12. The van der Waals surface area contributed by atoms with Gasteiger partial charge in [0.2, 0.25) is 5.96 Å². The lowest BCUT2D eigenvalue weighted by molar-refractivity contribution is 0.0394. The van der Waals surface area contributed by atoms with Gasteiger partial charge in [0.1, 0.15) is 11.6 Å². The Hall–Kier alpha value is -2.84. The van der Waals surface area contributed by atoms with Crippen molar-refractivity contribution in [1.29, 1.82) is 0 Å². The SMILES string of the molecule is Cc1cccc(C(=O)NC(=NCCN2CCOCC2)Nc2cc(F)cc(F)c2)c1.